The molecule has 0 radical (unpaired) electrons. The third-order valence-electron chi connectivity index (χ3n) is 4.50. The Bertz CT molecular complexity index is 419. The average Bonchev–Trinajstić information content (AvgIpc) is 2.39. The number of phenols is 1. The summed E-state index contributed by atoms with van der Waals surface area (Å²) in [5, 5.41) is 19.8. The molecule has 1 aromatic rings. The molecule has 1 aliphatic rings. The Labute approximate surface area is 115 Å². The van der Waals surface area contributed by atoms with Gasteiger partial charge in [-0.25, -0.2) is 0 Å². The number of rotatable bonds is 4. The number of aromatic hydroxyl groups is 1. The van der Waals surface area contributed by atoms with Gasteiger partial charge in [0, 0.05) is 12.0 Å². The number of aliphatic hydroxyl groups is 1. The van der Waals surface area contributed by atoms with Gasteiger partial charge in [-0.2, -0.15) is 0 Å². The molecule has 19 heavy (non-hydrogen) atoms. The van der Waals surface area contributed by atoms with E-state index < -0.39 is 0 Å². The molecule has 0 amide bonds. The summed E-state index contributed by atoms with van der Waals surface area (Å²) in [7, 11) is 4.17. The van der Waals surface area contributed by atoms with Gasteiger partial charge in [0.05, 0.1) is 6.61 Å². The first-order valence-corrected chi connectivity index (χ1v) is 7.13. The standard InChI is InChI=1S/C16H25NO2/c1-17(2)11-14-6-3-4-9-16(14,12-18)13-7-5-8-15(19)10-13/h5,7-8,10,14,18-19H,3-4,6,9,11-12H2,1-2H3. The van der Waals surface area contributed by atoms with Crippen LogP contribution >= 0.6 is 0 Å². The van der Waals surface area contributed by atoms with Crippen LogP contribution in [0, 0.1) is 5.92 Å². The van der Waals surface area contributed by atoms with E-state index in [1.165, 1.54) is 6.42 Å². The zero-order valence-corrected chi connectivity index (χ0v) is 12.0. The topological polar surface area (TPSA) is 43.7 Å². The quantitative estimate of drug-likeness (QED) is 0.876. The van der Waals surface area contributed by atoms with E-state index in [9.17, 15) is 10.2 Å². The number of hydrogen-bond donors (Lipinski definition) is 2. The second-order valence-electron chi connectivity index (χ2n) is 6.07. The van der Waals surface area contributed by atoms with Crippen molar-refractivity contribution in [3.8, 4) is 5.75 Å². The molecule has 2 N–H and O–H groups in total. The van der Waals surface area contributed by atoms with Crippen molar-refractivity contribution in [1.82, 2.24) is 4.90 Å². The highest BCUT2D eigenvalue weighted by molar-refractivity contribution is 5.34. The lowest BCUT2D eigenvalue weighted by Gasteiger charge is -2.44. The number of hydrogen-bond acceptors (Lipinski definition) is 3. The van der Waals surface area contributed by atoms with Gasteiger partial charge in [0.25, 0.3) is 0 Å². The van der Waals surface area contributed by atoms with Crippen molar-refractivity contribution < 1.29 is 10.2 Å². The molecule has 3 heteroatoms. The summed E-state index contributed by atoms with van der Waals surface area (Å²) in [6.07, 6.45) is 4.54. The van der Waals surface area contributed by atoms with Crippen LogP contribution in [0.1, 0.15) is 31.2 Å². The molecule has 1 aromatic carbocycles. The van der Waals surface area contributed by atoms with Gasteiger partial charge in [-0.1, -0.05) is 25.0 Å². The highest BCUT2D eigenvalue weighted by Gasteiger charge is 2.41. The van der Waals surface area contributed by atoms with E-state index in [-0.39, 0.29) is 12.0 Å². The molecule has 0 spiro atoms. The fourth-order valence-electron chi connectivity index (χ4n) is 3.51. The largest absolute Gasteiger partial charge is 0.508 e. The van der Waals surface area contributed by atoms with E-state index >= 15 is 0 Å². The maximum absolute atomic E-state index is 10.1. The molecule has 2 unspecified atom stereocenters. The van der Waals surface area contributed by atoms with Crippen LogP contribution in [0.4, 0.5) is 0 Å². The lowest BCUT2D eigenvalue weighted by Crippen LogP contribution is -2.45. The van der Waals surface area contributed by atoms with E-state index in [4.69, 9.17) is 0 Å². The Balaban J connectivity index is 2.37. The normalized spacial score (nSPS) is 27.7. The Morgan fingerprint density at radius 1 is 1.32 bits per heavy atom. The maximum Gasteiger partial charge on any atom is 0.115 e. The monoisotopic (exact) mass is 263 g/mol. The van der Waals surface area contributed by atoms with Crippen LogP contribution in [-0.4, -0.2) is 42.4 Å². The molecule has 0 aliphatic heterocycles. The third-order valence-corrected chi connectivity index (χ3v) is 4.50. The summed E-state index contributed by atoms with van der Waals surface area (Å²) in [4.78, 5) is 2.20. The molecule has 1 aliphatic carbocycles. The van der Waals surface area contributed by atoms with Crippen LogP contribution in [-0.2, 0) is 5.41 Å². The fourth-order valence-corrected chi connectivity index (χ4v) is 3.51. The van der Waals surface area contributed by atoms with Gasteiger partial charge in [-0.15, -0.1) is 0 Å². The molecule has 0 heterocycles. The third kappa shape index (κ3) is 2.93. The maximum atomic E-state index is 10.1. The minimum Gasteiger partial charge on any atom is -0.508 e. The van der Waals surface area contributed by atoms with E-state index in [1.807, 2.05) is 18.2 Å². The molecule has 0 saturated heterocycles. The number of nitrogens with zero attached hydrogens (tertiary/aromatic N) is 1. The predicted octanol–water partition coefficient (Wildman–Crippen LogP) is 2.37. The SMILES string of the molecule is CN(C)CC1CCCCC1(CO)c1cccc(O)c1. The van der Waals surface area contributed by atoms with Gasteiger partial charge in [0.15, 0.2) is 0 Å². The van der Waals surface area contributed by atoms with Gasteiger partial charge < -0.3 is 15.1 Å². The Morgan fingerprint density at radius 3 is 2.74 bits per heavy atom. The van der Waals surface area contributed by atoms with Crippen molar-refractivity contribution >= 4 is 0 Å². The first-order valence-electron chi connectivity index (χ1n) is 7.13. The molecular formula is C16H25NO2. The molecule has 2 rings (SSSR count). The summed E-state index contributed by atoms with van der Waals surface area (Å²) in [6.45, 7) is 1.14. The lowest BCUT2D eigenvalue weighted by atomic mass is 9.63. The van der Waals surface area contributed by atoms with Crippen molar-refractivity contribution in [3.05, 3.63) is 29.8 Å². The minimum atomic E-state index is -0.193. The average molecular weight is 263 g/mol. The van der Waals surface area contributed by atoms with Crippen molar-refractivity contribution in [3.63, 3.8) is 0 Å². The van der Waals surface area contributed by atoms with E-state index in [1.54, 1.807) is 6.07 Å². The van der Waals surface area contributed by atoms with E-state index in [0.717, 1.165) is 31.4 Å². The summed E-state index contributed by atoms with van der Waals surface area (Å²) >= 11 is 0. The van der Waals surface area contributed by atoms with Gasteiger partial charge in [0.1, 0.15) is 5.75 Å². The van der Waals surface area contributed by atoms with E-state index in [2.05, 4.69) is 19.0 Å². The first kappa shape index (κ1) is 14.4. The number of benzene rings is 1. The smallest absolute Gasteiger partial charge is 0.115 e. The van der Waals surface area contributed by atoms with Crippen LogP contribution in [0.15, 0.2) is 24.3 Å². The fraction of sp³-hybridized carbons (Fsp3) is 0.625. The zero-order chi connectivity index (χ0) is 13.9. The second-order valence-corrected chi connectivity index (χ2v) is 6.07. The molecule has 3 nitrogen and oxygen atoms in total. The molecular weight excluding hydrogens is 238 g/mol. The van der Waals surface area contributed by atoms with Gasteiger partial charge >= 0.3 is 0 Å². The van der Waals surface area contributed by atoms with Crippen molar-refractivity contribution in [2.75, 3.05) is 27.2 Å². The Morgan fingerprint density at radius 2 is 2.11 bits per heavy atom. The Kier molecular flexibility index (Phi) is 4.48. The summed E-state index contributed by atoms with van der Waals surface area (Å²) in [5.74, 6) is 0.738. The van der Waals surface area contributed by atoms with Crippen LogP contribution in [0.2, 0.25) is 0 Å². The number of phenolic OH excluding ortho intramolecular Hbond substituents is 1. The van der Waals surface area contributed by atoms with Crippen LogP contribution < -0.4 is 0 Å². The molecule has 2 atom stereocenters. The molecule has 1 saturated carbocycles. The predicted molar refractivity (Wildman–Crippen MR) is 77.4 cm³/mol. The van der Waals surface area contributed by atoms with Crippen LogP contribution in [0.3, 0.4) is 0 Å². The summed E-state index contributed by atoms with van der Waals surface area (Å²) in [5.41, 5.74) is 0.892. The summed E-state index contributed by atoms with van der Waals surface area (Å²) < 4.78 is 0. The van der Waals surface area contributed by atoms with Gasteiger partial charge in [-0.05, 0) is 50.6 Å². The highest BCUT2D eigenvalue weighted by atomic mass is 16.3. The lowest BCUT2D eigenvalue weighted by molar-refractivity contribution is 0.0769. The molecule has 106 valence electrons. The zero-order valence-electron chi connectivity index (χ0n) is 12.0. The number of aliphatic hydroxyl groups excluding tert-OH is 1. The van der Waals surface area contributed by atoms with Crippen molar-refractivity contribution in [1.29, 1.82) is 0 Å². The van der Waals surface area contributed by atoms with Crippen molar-refractivity contribution in [2.45, 2.75) is 31.1 Å². The highest BCUT2D eigenvalue weighted by Crippen LogP contribution is 2.44. The second kappa shape index (κ2) is 5.93. The summed E-state index contributed by atoms with van der Waals surface area (Å²) in [6, 6.07) is 7.44. The Hall–Kier alpha value is -1.06. The van der Waals surface area contributed by atoms with Gasteiger partial charge in [0.2, 0.25) is 0 Å². The molecule has 0 aromatic heterocycles. The van der Waals surface area contributed by atoms with Crippen molar-refractivity contribution in [2.24, 2.45) is 5.92 Å². The van der Waals surface area contributed by atoms with Gasteiger partial charge in [-0.3, -0.25) is 0 Å². The van der Waals surface area contributed by atoms with Crippen LogP contribution in [0.25, 0.3) is 0 Å². The minimum absolute atomic E-state index is 0.162. The molecule has 1 fully saturated rings. The van der Waals surface area contributed by atoms with Crippen LogP contribution in [0.5, 0.6) is 5.75 Å². The first-order chi connectivity index (χ1) is 9.08. The molecule has 0 bridgehead atoms. The van der Waals surface area contributed by atoms with E-state index in [0.29, 0.717) is 11.7 Å².